The summed E-state index contributed by atoms with van der Waals surface area (Å²) in [6.07, 6.45) is 0. The minimum atomic E-state index is -0.905. The lowest BCUT2D eigenvalue weighted by molar-refractivity contribution is -0.138. The van der Waals surface area contributed by atoms with Crippen LogP contribution >= 0.6 is 0 Å². The topological polar surface area (TPSA) is 72.2 Å². The molecule has 100 valence electrons. The molecule has 1 rings (SSSR count). The number of hydrogen-bond acceptors (Lipinski definition) is 3. The summed E-state index contributed by atoms with van der Waals surface area (Å²) in [5.41, 5.74) is 1.55. The molecule has 0 spiro atoms. The van der Waals surface area contributed by atoms with Gasteiger partial charge in [-0.25, -0.2) is 4.79 Å². The molecule has 1 aromatic heterocycles. The van der Waals surface area contributed by atoms with E-state index in [1.165, 1.54) is 0 Å². The maximum absolute atomic E-state index is 11.8. The SMILES string of the molecule is Cc1nc(=O)n(CC(C)C)c(C)c1C(C)C(=O)O. The summed E-state index contributed by atoms with van der Waals surface area (Å²) in [4.78, 5) is 26.9. The summed E-state index contributed by atoms with van der Waals surface area (Å²) < 4.78 is 1.56. The van der Waals surface area contributed by atoms with Gasteiger partial charge in [0.2, 0.25) is 0 Å². The van der Waals surface area contributed by atoms with Crippen molar-refractivity contribution in [1.29, 1.82) is 0 Å². The van der Waals surface area contributed by atoms with Crippen LogP contribution in [0.5, 0.6) is 0 Å². The van der Waals surface area contributed by atoms with Gasteiger partial charge in [-0.15, -0.1) is 0 Å². The zero-order valence-corrected chi connectivity index (χ0v) is 11.5. The van der Waals surface area contributed by atoms with Crippen molar-refractivity contribution in [1.82, 2.24) is 9.55 Å². The molecule has 1 unspecified atom stereocenters. The quantitative estimate of drug-likeness (QED) is 0.885. The average molecular weight is 252 g/mol. The number of hydrogen-bond donors (Lipinski definition) is 1. The molecular weight excluding hydrogens is 232 g/mol. The van der Waals surface area contributed by atoms with E-state index in [9.17, 15) is 9.59 Å². The highest BCUT2D eigenvalue weighted by Gasteiger charge is 2.22. The van der Waals surface area contributed by atoms with E-state index in [2.05, 4.69) is 4.98 Å². The Morgan fingerprint density at radius 1 is 1.33 bits per heavy atom. The molecule has 0 aliphatic rings. The Bertz CT molecular complexity index is 518. The van der Waals surface area contributed by atoms with Crippen LogP contribution < -0.4 is 5.69 Å². The highest BCUT2D eigenvalue weighted by atomic mass is 16.4. The molecule has 0 aliphatic carbocycles. The fourth-order valence-corrected chi connectivity index (χ4v) is 2.15. The van der Waals surface area contributed by atoms with Crippen LogP contribution in [0.1, 0.15) is 43.6 Å². The normalized spacial score (nSPS) is 12.8. The third-order valence-electron chi connectivity index (χ3n) is 3.03. The van der Waals surface area contributed by atoms with Gasteiger partial charge in [-0.2, -0.15) is 4.98 Å². The number of carboxylic acid groups (broad SMARTS) is 1. The minimum Gasteiger partial charge on any atom is -0.481 e. The summed E-state index contributed by atoms with van der Waals surface area (Å²) in [6.45, 7) is 9.65. The van der Waals surface area contributed by atoms with Gasteiger partial charge in [0.05, 0.1) is 5.92 Å². The van der Waals surface area contributed by atoms with Crippen molar-refractivity contribution in [2.45, 2.75) is 47.1 Å². The summed E-state index contributed by atoms with van der Waals surface area (Å²) in [5.74, 6) is -1.26. The Morgan fingerprint density at radius 3 is 2.33 bits per heavy atom. The van der Waals surface area contributed by atoms with Crippen molar-refractivity contribution in [2.24, 2.45) is 5.92 Å². The van der Waals surface area contributed by atoms with E-state index in [1.807, 2.05) is 13.8 Å². The molecule has 0 saturated carbocycles. The molecule has 5 heteroatoms. The lowest BCUT2D eigenvalue weighted by Crippen LogP contribution is -2.30. The van der Waals surface area contributed by atoms with Gasteiger partial charge in [-0.1, -0.05) is 13.8 Å². The first-order chi connectivity index (χ1) is 8.25. The Balaban J connectivity index is 3.44. The van der Waals surface area contributed by atoms with Crippen LogP contribution in [0.2, 0.25) is 0 Å². The van der Waals surface area contributed by atoms with Crippen LogP contribution in [0.15, 0.2) is 4.79 Å². The second kappa shape index (κ2) is 5.33. The number of carboxylic acids is 1. The third-order valence-corrected chi connectivity index (χ3v) is 3.03. The molecule has 1 N–H and O–H groups in total. The van der Waals surface area contributed by atoms with E-state index in [1.54, 1.807) is 25.3 Å². The molecule has 0 bridgehead atoms. The van der Waals surface area contributed by atoms with Crippen LogP contribution in [0, 0.1) is 19.8 Å². The predicted molar refractivity (Wildman–Crippen MR) is 68.9 cm³/mol. The fourth-order valence-electron chi connectivity index (χ4n) is 2.15. The van der Waals surface area contributed by atoms with Crippen molar-refractivity contribution in [3.8, 4) is 0 Å². The number of aryl methyl sites for hydroxylation is 1. The van der Waals surface area contributed by atoms with Gasteiger partial charge in [0, 0.05) is 23.5 Å². The summed E-state index contributed by atoms with van der Waals surface area (Å²) >= 11 is 0. The predicted octanol–water partition coefficient (Wildman–Crippen LogP) is 1.70. The van der Waals surface area contributed by atoms with Crippen LogP contribution in [0.4, 0.5) is 0 Å². The van der Waals surface area contributed by atoms with Gasteiger partial charge in [-0.3, -0.25) is 9.36 Å². The van der Waals surface area contributed by atoms with Gasteiger partial charge in [0.15, 0.2) is 0 Å². The molecule has 0 radical (unpaired) electrons. The molecule has 18 heavy (non-hydrogen) atoms. The van der Waals surface area contributed by atoms with Gasteiger partial charge in [0.1, 0.15) is 0 Å². The van der Waals surface area contributed by atoms with Gasteiger partial charge < -0.3 is 5.11 Å². The Labute approximate surface area is 106 Å². The first kappa shape index (κ1) is 14.4. The summed E-state index contributed by atoms with van der Waals surface area (Å²) in [6, 6.07) is 0. The zero-order valence-electron chi connectivity index (χ0n) is 11.5. The van der Waals surface area contributed by atoms with Crippen molar-refractivity contribution >= 4 is 5.97 Å². The standard InChI is InChI=1S/C13H20N2O3/c1-7(2)6-15-10(5)11(8(3)12(16)17)9(4)14-13(15)18/h7-8H,6H2,1-5H3,(H,16,17). The first-order valence-electron chi connectivity index (χ1n) is 6.06. The second-order valence-corrected chi connectivity index (χ2v) is 5.04. The Kier molecular flexibility index (Phi) is 4.27. The highest BCUT2D eigenvalue weighted by Crippen LogP contribution is 2.21. The zero-order chi connectivity index (χ0) is 14.0. The fraction of sp³-hybridized carbons (Fsp3) is 0.615. The van der Waals surface area contributed by atoms with E-state index >= 15 is 0 Å². The smallest absolute Gasteiger partial charge is 0.347 e. The van der Waals surface area contributed by atoms with Gasteiger partial charge in [0.25, 0.3) is 0 Å². The summed E-state index contributed by atoms with van der Waals surface area (Å²) in [5, 5.41) is 9.11. The number of rotatable bonds is 4. The molecule has 5 nitrogen and oxygen atoms in total. The maximum Gasteiger partial charge on any atom is 0.347 e. The molecule has 0 amide bonds. The first-order valence-corrected chi connectivity index (χ1v) is 6.06. The summed E-state index contributed by atoms with van der Waals surface area (Å²) in [7, 11) is 0. The van der Waals surface area contributed by atoms with E-state index in [0.29, 0.717) is 29.4 Å². The molecule has 0 aromatic carbocycles. The largest absolute Gasteiger partial charge is 0.481 e. The highest BCUT2D eigenvalue weighted by molar-refractivity contribution is 5.76. The number of carbonyl (C=O) groups is 1. The van der Waals surface area contributed by atoms with Crippen molar-refractivity contribution < 1.29 is 9.90 Å². The molecule has 0 fully saturated rings. The van der Waals surface area contributed by atoms with E-state index in [4.69, 9.17) is 5.11 Å². The average Bonchev–Trinajstić information content (AvgIpc) is 2.23. The number of nitrogens with zero attached hydrogens (tertiary/aromatic N) is 2. The minimum absolute atomic E-state index is 0.305. The Morgan fingerprint density at radius 2 is 1.89 bits per heavy atom. The molecule has 1 aromatic rings. The monoisotopic (exact) mass is 252 g/mol. The Hall–Kier alpha value is -1.65. The molecule has 1 atom stereocenters. The molecular formula is C13H20N2O3. The van der Waals surface area contributed by atoms with E-state index < -0.39 is 11.9 Å². The second-order valence-electron chi connectivity index (χ2n) is 5.04. The number of aliphatic carboxylic acids is 1. The van der Waals surface area contributed by atoms with Crippen molar-refractivity contribution in [3.05, 3.63) is 27.4 Å². The lowest BCUT2D eigenvalue weighted by Gasteiger charge is -2.19. The van der Waals surface area contributed by atoms with Gasteiger partial charge >= 0.3 is 11.7 Å². The van der Waals surface area contributed by atoms with Crippen LogP contribution in [0.3, 0.4) is 0 Å². The van der Waals surface area contributed by atoms with Crippen molar-refractivity contribution in [3.63, 3.8) is 0 Å². The van der Waals surface area contributed by atoms with Crippen molar-refractivity contribution in [2.75, 3.05) is 0 Å². The van der Waals surface area contributed by atoms with E-state index in [-0.39, 0.29) is 5.69 Å². The molecule has 0 saturated heterocycles. The molecule has 0 aliphatic heterocycles. The van der Waals surface area contributed by atoms with Gasteiger partial charge in [-0.05, 0) is 26.7 Å². The number of aromatic nitrogens is 2. The van der Waals surface area contributed by atoms with Crippen LogP contribution in [-0.2, 0) is 11.3 Å². The maximum atomic E-state index is 11.8. The van der Waals surface area contributed by atoms with Crippen LogP contribution in [-0.4, -0.2) is 20.6 Å². The van der Waals surface area contributed by atoms with E-state index in [0.717, 1.165) is 0 Å². The third kappa shape index (κ3) is 2.78. The molecule has 1 heterocycles. The van der Waals surface area contributed by atoms with Crippen LogP contribution in [0.25, 0.3) is 0 Å². The lowest BCUT2D eigenvalue weighted by atomic mass is 9.98.